The fraction of sp³-hybridized carbons (Fsp3) is 0.419. The smallest absolute Gasteiger partial charge is 0.268 e. The van der Waals surface area contributed by atoms with Crippen LogP contribution in [0.25, 0.3) is 10.9 Å². The number of nitrogens with one attached hydrogen (secondary N) is 1. The normalized spacial score (nSPS) is 13.1. The number of hydrogen-bond donors (Lipinski definition) is 2. The summed E-state index contributed by atoms with van der Waals surface area (Å²) in [7, 11) is -2.05. The Kier molecular flexibility index (Phi) is 8.97. The van der Waals surface area contributed by atoms with Gasteiger partial charge in [0.25, 0.3) is 5.91 Å². The molecule has 0 aliphatic carbocycles. The first-order chi connectivity index (χ1) is 18.5. The Bertz CT molecular complexity index is 1370. The van der Waals surface area contributed by atoms with E-state index >= 15 is 0 Å². The molecule has 1 unspecified atom stereocenters. The molecule has 2 aromatic carbocycles. The molecule has 0 fully saturated rings. The number of nitrogens with zero attached hydrogens (tertiary/aromatic N) is 3. The number of benzene rings is 2. The van der Waals surface area contributed by atoms with Crippen LogP contribution in [0.2, 0.25) is 18.1 Å². The number of imidazole rings is 1. The van der Waals surface area contributed by atoms with E-state index in [0.717, 1.165) is 44.5 Å². The minimum atomic E-state index is -2.05. The minimum absolute atomic E-state index is 0.0689. The summed E-state index contributed by atoms with van der Waals surface area (Å²) in [5.74, 6) is -0.525. The maximum Gasteiger partial charge on any atom is 0.268 e. The highest BCUT2D eigenvalue weighted by molar-refractivity contribution is 6.74. The maximum absolute atomic E-state index is 11.7. The molecule has 39 heavy (non-hydrogen) atoms. The number of carbonyl (C=O) groups excluding carboxylic acids is 1. The number of aromatic nitrogens is 3. The molecular formula is C31H43N5O2Si. The van der Waals surface area contributed by atoms with Crippen LogP contribution in [0, 0.1) is 0 Å². The van der Waals surface area contributed by atoms with Crippen molar-refractivity contribution in [3.63, 3.8) is 0 Å². The van der Waals surface area contributed by atoms with Crippen molar-refractivity contribution >= 4 is 30.8 Å². The summed E-state index contributed by atoms with van der Waals surface area (Å²) in [6.45, 7) is 13.0. The average molecular weight is 546 g/mol. The Balaban J connectivity index is 1.40. The zero-order valence-corrected chi connectivity index (χ0v) is 25.0. The summed E-state index contributed by atoms with van der Waals surface area (Å²) in [4.78, 5) is 15.9. The molecule has 7 nitrogen and oxygen atoms in total. The lowest BCUT2D eigenvalue weighted by Crippen LogP contribution is -2.42. The van der Waals surface area contributed by atoms with E-state index in [1.165, 1.54) is 16.5 Å². The van der Waals surface area contributed by atoms with Crippen molar-refractivity contribution in [2.75, 3.05) is 11.9 Å². The molecule has 0 saturated heterocycles. The molecule has 0 aliphatic heterocycles. The fourth-order valence-electron chi connectivity index (χ4n) is 4.50. The second kappa shape index (κ2) is 12.2. The number of hydrogen-bond acceptors (Lipinski definition) is 4. The van der Waals surface area contributed by atoms with Crippen molar-refractivity contribution in [1.82, 2.24) is 14.1 Å². The van der Waals surface area contributed by atoms with Crippen LogP contribution < -0.4 is 11.1 Å². The van der Waals surface area contributed by atoms with Crippen molar-refractivity contribution in [2.24, 2.45) is 5.73 Å². The molecule has 208 valence electrons. The van der Waals surface area contributed by atoms with E-state index in [1.807, 2.05) is 4.57 Å². The van der Waals surface area contributed by atoms with Gasteiger partial charge in [-0.1, -0.05) is 57.2 Å². The van der Waals surface area contributed by atoms with Gasteiger partial charge < -0.3 is 24.6 Å². The lowest BCUT2D eigenvalue weighted by Gasteiger charge is -2.39. The second-order valence-corrected chi connectivity index (χ2v) is 16.6. The summed E-state index contributed by atoms with van der Waals surface area (Å²) in [5, 5.41) is 4.90. The van der Waals surface area contributed by atoms with Crippen molar-refractivity contribution in [3.05, 3.63) is 84.6 Å². The first-order valence-corrected chi connectivity index (χ1v) is 16.8. The Labute approximate surface area is 233 Å². The van der Waals surface area contributed by atoms with Gasteiger partial charge in [0.2, 0.25) is 0 Å². The van der Waals surface area contributed by atoms with Gasteiger partial charge in [-0.15, -0.1) is 0 Å². The van der Waals surface area contributed by atoms with Crippen LogP contribution in [-0.4, -0.2) is 34.9 Å². The van der Waals surface area contributed by atoms with Gasteiger partial charge in [-0.2, -0.15) is 0 Å². The summed E-state index contributed by atoms with van der Waals surface area (Å²) in [6, 6.07) is 19.4. The summed E-state index contributed by atoms with van der Waals surface area (Å²) >= 11 is 0. The maximum atomic E-state index is 11.7. The Hall–Kier alpha value is -3.36. The monoisotopic (exact) mass is 545 g/mol. The van der Waals surface area contributed by atoms with Crippen LogP contribution in [0.5, 0.6) is 0 Å². The van der Waals surface area contributed by atoms with E-state index in [0.29, 0.717) is 0 Å². The summed E-state index contributed by atoms with van der Waals surface area (Å²) in [5.41, 5.74) is 9.47. The molecular weight excluding hydrogens is 502 g/mol. The Morgan fingerprint density at radius 3 is 2.56 bits per heavy atom. The molecule has 0 bridgehead atoms. The lowest BCUT2D eigenvalue weighted by molar-refractivity contribution is 0.0984. The molecule has 3 N–H and O–H groups in total. The SMILES string of the molecule is CC(C)(C)[Si](C)(C)OC(CCCn1ccc2ccc(NCCCc3ccccc3)cc21)n1cnc(C(N)=O)c1. The number of carbonyl (C=O) groups is 1. The number of primary amides is 1. The highest BCUT2D eigenvalue weighted by Gasteiger charge is 2.39. The first kappa shape index (κ1) is 28.6. The molecule has 1 amide bonds. The highest BCUT2D eigenvalue weighted by atomic mass is 28.4. The van der Waals surface area contributed by atoms with E-state index < -0.39 is 14.2 Å². The van der Waals surface area contributed by atoms with Crippen molar-refractivity contribution < 1.29 is 9.22 Å². The summed E-state index contributed by atoms with van der Waals surface area (Å²) < 4.78 is 11.0. The Morgan fingerprint density at radius 2 is 1.87 bits per heavy atom. The standard InChI is InChI=1S/C31H43N5O2Si/c1-31(2,3)39(4,5)38-29(36-22-27(30(32)37)34-23-36)14-10-19-35-20-17-25-15-16-26(21-28(25)35)33-18-9-13-24-11-7-6-8-12-24/h6-8,11-12,15-17,20-23,29,33H,9-10,13-14,18-19H2,1-5H3,(H2,32,37). The van der Waals surface area contributed by atoms with Crippen LogP contribution >= 0.6 is 0 Å². The highest BCUT2D eigenvalue weighted by Crippen LogP contribution is 2.39. The van der Waals surface area contributed by atoms with Crippen LogP contribution in [0.3, 0.4) is 0 Å². The molecule has 0 aliphatic rings. The number of anilines is 1. The van der Waals surface area contributed by atoms with Gasteiger partial charge in [0.15, 0.2) is 8.32 Å². The van der Waals surface area contributed by atoms with E-state index in [4.69, 9.17) is 10.2 Å². The topological polar surface area (TPSA) is 87.1 Å². The van der Waals surface area contributed by atoms with Crippen LogP contribution in [0.4, 0.5) is 5.69 Å². The third-order valence-electron chi connectivity index (χ3n) is 7.86. The van der Waals surface area contributed by atoms with Gasteiger partial charge in [0, 0.05) is 31.2 Å². The lowest BCUT2D eigenvalue weighted by atomic mass is 10.1. The molecule has 4 aromatic rings. The molecule has 8 heteroatoms. The van der Waals surface area contributed by atoms with Gasteiger partial charge in [0.05, 0.1) is 11.8 Å². The largest absolute Gasteiger partial charge is 0.397 e. The molecule has 2 heterocycles. The third kappa shape index (κ3) is 7.39. The first-order valence-electron chi connectivity index (χ1n) is 13.9. The van der Waals surface area contributed by atoms with E-state index in [1.54, 1.807) is 12.5 Å². The number of rotatable bonds is 13. The number of amides is 1. The van der Waals surface area contributed by atoms with Gasteiger partial charge in [-0.25, -0.2) is 4.98 Å². The van der Waals surface area contributed by atoms with Gasteiger partial charge >= 0.3 is 0 Å². The van der Waals surface area contributed by atoms with Gasteiger partial charge in [-0.05, 0) is 73.0 Å². The van der Waals surface area contributed by atoms with Crippen LogP contribution in [0.1, 0.15) is 62.3 Å². The van der Waals surface area contributed by atoms with Gasteiger partial charge in [0.1, 0.15) is 11.9 Å². The quantitative estimate of drug-likeness (QED) is 0.140. The molecule has 4 rings (SSSR count). The predicted molar refractivity (Wildman–Crippen MR) is 162 cm³/mol. The molecule has 0 saturated carbocycles. The van der Waals surface area contributed by atoms with E-state index in [9.17, 15) is 4.79 Å². The van der Waals surface area contributed by atoms with E-state index in [2.05, 4.69) is 110 Å². The van der Waals surface area contributed by atoms with E-state index in [-0.39, 0.29) is 17.0 Å². The van der Waals surface area contributed by atoms with Gasteiger partial charge in [-0.3, -0.25) is 4.79 Å². The molecule has 0 spiro atoms. The van der Waals surface area contributed by atoms with Crippen molar-refractivity contribution in [3.8, 4) is 0 Å². The molecule has 1 atom stereocenters. The van der Waals surface area contributed by atoms with Crippen LogP contribution in [-0.2, 0) is 17.4 Å². The van der Waals surface area contributed by atoms with Crippen LogP contribution in [0.15, 0.2) is 73.3 Å². The second-order valence-electron chi connectivity index (χ2n) is 11.8. The van der Waals surface area contributed by atoms with Crippen molar-refractivity contribution in [2.45, 2.75) is 77.4 Å². The average Bonchev–Trinajstić information content (AvgIpc) is 3.54. The number of aryl methyl sites for hydroxylation is 2. The molecule has 0 radical (unpaired) electrons. The Morgan fingerprint density at radius 1 is 1.10 bits per heavy atom. The summed E-state index contributed by atoms with van der Waals surface area (Å²) in [6.07, 6.45) is 9.22. The predicted octanol–water partition coefficient (Wildman–Crippen LogP) is 6.98. The minimum Gasteiger partial charge on any atom is -0.397 e. The zero-order valence-electron chi connectivity index (χ0n) is 24.0. The number of nitrogens with two attached hydrogens (primary N) is 1. The fourth-order valence-corrected chi connectivity index (χ4v) is 5.78. The molecule has 2 aromatic heterocycles. The number of fused-ring (bicyclic) bond motifs is 1. The third-order valence-corrected chi connectivity index (χ3v) is 12.3. The zero-order chi connectivity index (χ0) is 28.0. The van der Waals surface area contributed by atoms with Crippen molar-refractivity contribution in [1.29, 1.82) is 0 Å².